The molecule has 0 N–H and O–H groups in total. The molecule has 0 fully saturated rings. The fourth-order valence-electron chi connectivity index (χ4n) is 1.85. The minimum absolute atomic E-state index is 0. The minimum Gasteiger partial charge on any atom is -0.308 e. The summed E-state index contributed by atoms with van der Waals surface area (Å²) in [6.07, 6.45) is 0. The molecule has 2 nitrogen and oxygen atoms in total. The largest absolute Gasteiger partial charge is 2.00 e. The smallest absolute Gasteiger partial charge is 0.308 e. The third-order valence-electron chi connectivity index (χ3n) is 2.71. The third kappa shape index (κ3) is 5.87. The van der Waals surface area contributed by atoms with Crippen LogP contribution in [0.1, 0.15) is 17.2 Å². The molecule has 0 amide bonds. The van der Waals surface area contributed by atoms with E-state index in [0.717, 1.165) is 6.54 Å². The van der Waals surface area contributed by atoms with Gasteiger partial charge in [0.15, 0.2) is 0 Å². The van der Waals surface area contributed by atoms with Crippen LogP contribution in [-0.2, 0) is 16.5 Å². The number of nitrogens with zero attached hydrogens (tertiary/aromatic N) is 2. The van der Waals surface area contributed by atoms with Gasteiger partial charge in [-0.2, -0.15) is 0 Å². The van der Waals surface area contributed by atoms with Crippen LogP contribution in [-0.4, -0.2) is 44.5 Å². The van der Waals surface area contributed by atoms with Gasteiger partial charge in [-0.25, -0.2) is 0 Å². The van der Waals surface area contributed by atoms with Crippen molar-refractivity contribution in [3.05, 3.63) is 35.4 Å². The maximum atomic E-state index is 2.28. The number of halogens is 1. The molecule has 1 atom stereocenters. The van der Waals surface area contributed by atoms with E-state index >= 15 is 0 Å². The molecular formula is C13H22ClN2Ni+3. The average molecular weight is 300 g/mol. The van der Waals surface area contributed by atoms with Crippen molar-refractivity contribution >= 4 is 0 Å². The Balaban J connectivity index is 0. The molecule has 0 aliphatic heterocycles. The summed E-state index contributed by atoms with van der Waals surface area (Å²) < 4.78 is 0. The fraction of sp³-hybridized carbons (Fsp3) is 0.538. The number of benzene rings is 1. The minimum atomic E-state index is 0. The van der Waals surface area contributed by atoms with E-state index in [1.165, 1.54) is 11.1 Å². The van der Waals surface area contributed by atoms with Gasteiger partial charge in [-0.15, -0.1) is 0 Å². The zero-order valence-corrected chi connectivity index (χ0v) is 12.9. The predicted octanol–water partition coefficient (Wildman–Crippen LogP) is 2.16. The molecule has 4 heteroatoms. The van der Waals surface area contributed by atoms with Crippen LogP contribution in [0.3, 0.4) is 0 Å². The number of likely N-dealkylation sites (N-methyl/N-ethyl adjacent to an activating group) is 2. The Morgan fingerprint density at radius 1 is 1.06 bits per heavy atom. The van der Waals surface area contributed by atoms with Crippen molar-refractivity contribution in [1.29, 1.82) is 0 Å². The van der Waals surface area contributed by atoms with Crippen LogP contribution >= 0.6 is 0 Å². The molecule has 0 aliphatic carbocycles. The van der Waals surface area contributed by atoms with Gasteiger partial charge in [-0.1, -0.05) is 24.3 Å². The van der Waals surface area contributed by atoms with Crippen molar-refractivity contribution in [3.8, 4) is 0 Å². The first-order valence-electron chi connectivity index (χ1n) is 5.39. The summed E-state index contributed by atoms with van der Waals surface area (Å²) in [6, 6.07) is 9.10. The second-order valence-electron chi connectivity index (χ2n) is 4.60. The van der Waals surface area contributed by atoms with Gasteiger partial charge >= 0.3 is 28.9 Å². The number of aryl methyl sites for hydroxylation is 1. The average Bonchev–Trinajstić information content (AvgIpc) is 2.15. The molecule has 0 saturated carbocycles. The summed E-state index contributed by atoms with van der Waals surface area (Å²) in [6.45, 7) is 3.24. The van der Waals surface area contributed by atoms with Crippen LogP contribution in [0.5, 0.6) is 0 Å². The van der Waals surface area contributed by atoms with Crippen molar-refractivity contribution in [2.45, 2.75) is 13.0 Å². The number of hydrogen-bond acceptors (Lipinski definition) is 2. The van der Waals surface area contributed by atoms with Crippen molar-refractivity contribution in [2.75, 3.05) is 34.7 Å². The van der Waals surface area contributed by atoms with Crippen molar-refractivity contribution in [3.63, 3.8) is 0 Å². The van der Waals surface area contributed by atoms with E-state index in [9.17, 15) is 0 Å². The van der Waals surface area contributed by atoms with Crippen LogP contribution in [0, 0.1) is 19.3 Å². The summed E-state index contributed by atoms with van der Waals surface area (Å²) in [5.74, 6) is 0. The quantitative estimate of drug-likeness (QED) is 0.786. The van der Waals surface area contributed by atoms with Gasteiger partial charge in [0.05, 0.1) is 0 Å². The van der Waals surface area contributed by atoms with E-state index in [4.69, 9.17) is 0 Å². The Labute approximate surface area is 122 Å². The first-order chi connectivity index (χ1) is 7.02. The molecule has 0 spiro atoms. The van der Waals surface area contributed by atoms with Gasteiger partial charge in [0.1, 0.15) is 0 Å². The Hall–Kier alpha value is -0.0765. The maximum Gasteiger partial charge on any atom is 2.00 e. The first-order valence-corrected chi connectivity index (χ1v) is 5.39. The molecule has 0 saturated heterocycles. The molecular weight excluding hydrogens is 278 g/mol. The van der Waals surface area contributed by atoms with Gasteiger partial charge < -0.3 is 9.80 Å². The van der Waals surface area contributed by atoms with Crippen LogP contribution in [0.2, 0.25) is 0 Å². The van der Waals surface area contributed by atoms with Crippen LogP contribution in [0.4, 0.5) is 0 Å². The standard InChI is InChI=1S/C13H22N2.Cl.Ni/c1-11-8-6-7-9-12(11)13(15(4)5)10-14(2)3;;/h6-9,13H,10H2,1-5H3;;/q;+1;+2. The molecule has 98 valence electrons. The molecule has 1 aromatic carbocycles. The van der Waals surface area contributed by atoms with Gasteiger partial charge in [0, 0.05) is 12.6 Å². The fourth-order valence-corrected chi connectivity index (χ4v) is 1.85. The summed E-state index contributed by atoms with van der Waals surface area (Å²) in [4.78, 5) is 4.51. The first kappa shape index (κ1) is 19.3. The zero-order chi connectivity index (χ0) is 11.4. The van der Waals surface area contributed by atoms with Crippen LogP contribution in [0.25, 0.3) is 0 Å². The van der Waals surface area contributed by atoms with Crippen molar-refractivity contribution in [1.82, 2.24) is 9.80 Å². The van der Waals surface area contributed by atoms with E-state index in [0.29, 0.717) is 6.04 Å². The second-order valence-corrected chi connectivity index (χ2v) is 4.60. The molecule has 0 aromatic heterocycles. The summed E-state index contributed by atoms with van der Waals surface area (Å²) >= 11 is 0. The predicted molar refractivity (Wildman–Crippen MR) is 66.2 cm³/mol. The van der Waals surface area contributed by atoms with Crippen LogP contribution < -0.4 is 0 Å². The Morgan fingerprint density at radius 3 is 2.00 bits per heavy atom. The molecule has 1 aromatic rings. The number of hydrogen-bond donors (Lipinski definition) is 0. The Morgan fingerprint density at radius 2 is 1.59 bits per heavy atom. The molecule has 0 bridgehead atoms. The van der Waals surface area contributed by atoms with E-state index in [1.807, 2.05) is 0 Å². The normalized spacial score (nSPS) is 11.9. The Bertz CT molecular complexity index is 316. The van der Waals surface area contributed by atoms with E-state index in [1.54, 1.807) is 0 Å². The van der Waals surface area contributed by atoms with Crippen molar-refractivity contribution in [2.24, 2.45) is 0 Å². The molecule has 0 aliphatic rings. The van der Waals surface area contributed by atoms with E-state index < -0.39 is 0 Å². The van der Waals surface area contributed by atoms with E-state index in [2.05, 4.69) is 69.2 Å². The van der Waals surface area contributed by atoms with Gasteiger partial charge in [-0.3, -0.25) is 0 Å². The number of rotatable bonds is 4. The molecule has 1 unspecified atom stereocenters. The zero-order valence-electron chi connectivity index (χ0n) is 11.2. The summed E-state index contributed by atoms with van der Waals surface area (Å²) in [5, 5.41) is 0. The van der Waals surface area contributed by atoms with Crippen LogP contribution in [0.15, 0.2) is 24.3 Å². The SMILES string of the molecule is Cc1ccccc1C(CN(C)C)N(C)C.[Cl+].[Ni+2]. The monoisotopic (exact) mass is 299 g/mol. The summed E-state index contributed by atoms with van der Waals surface area (Å²) in [5.41, 5.74) is 2.80. The van der Waals surface area contributed by atoms with Gasteiger partial charge in [-0.05, 0) is 46.2 Å². The second kappa shape index (κ2) is 8.93. The summed E-state index contributed by atoms with van der Waals surface area (Å²) in [7, 11) is 8.52. The third-order valence-corrected chi connectivity index (χ3v) is 2.71. The maximum absolute atomic E-state index is 2.28. The molecule has 17 heavy (non-hydrogen) atoms. The van der Waals surface area contributed by atoms with Gasteiger partial charge in [0.25, 0.3) is 0 Å². The molecule has 2 radical (unpaired) electrons. The van der Waals surface area contributed by atoms with Crippen molar-refractivity contribution < 1.29 is 28.9 Å². The topological polar surface area (TPSA) is 6.48 Å². The Kier molecular flexibility index (Phi) is 10.1. The molecule has 0 heterocycles. The molecule has 1 rings (SSSR count). The van der Waals surface area contributed by atoms with Gasteiger partial charge in [0.2, 0.25) is 0 Å². The van der Waals surface area contributed by atoms with E-state index in [-0.39, 0.29) is 28.9 Å².